The molecular formula is C11H15N5. The van der Waals surface area contributed by atoms with Crippen LogP contribution < -0.4 is 5.73 Å². The third-order valence-corrected chi connectivity index (χ3v) is 3.36. The molecule has 16 heavy (non-hydrogen) atoms. The second kappa shape index (κ2) is 3.43. The number of nitrogen functional groups attached to an aromatic ring is 1. The molecule has 2 aromatic rings. The normalized spacial score (nSPS) is 16.6. The molecule has 0 aliphatic heterocycles. The number of imidazole rings is 1. The fraction of sp³-hybridized carbons (Fsp3) is 0.545. The number of anilines is 1. The second-order valence-corrected chi connectivity index (χ2v) is 4.30. The molecule has 0 spiro atoms. The van der Waals surface area contributed by atoms with Crippen LogP contribution in [0.5, 0.6) is 0 Å². The lowest BCUT2D eigenvalue weighted by Crippen LogP contribution is -2.14. The van der Waals surface area contributed by atoms with Crippen molar-refractivity contribution < 1.29 is 0 Å². The maximum atomic E-state index is 5.89. The molecule has 5 heteroatoms. The predicted molar refractivity (Wildman–Crippen MR) is 61.2 cm³/mol. The van der Waals surface area contributed by atoms with Crippen molar-refractivity contribution in [1.82, 2.24) is 19.6 Å². The Hall–Kier alpha value is -1.65. The summed E-state index contributed by atoms with van der Waals surface area (Å²) in [5, 5.41) is 4.28. The van der Waals surface area contributed by atoms with Gasteiger partial charge in [-0.05, 0) is 19.3 Å². The lowest BCUT2D eigenvalue weighted by atomic mass is 9.85. The molecular weight excluding hydrogens is 202 g/mol. The van der Waals surface area contributed by atoms with Gasteiger partial charge in [-0.1, -0.05) is 13.3 Å². The van der Waals surface area contributed by atoms with Gasteiger partial charge in [0.05, 0.1) is 5.69 Å². The van der Waals surface area contributed by atoms with E-state index in [1.165, 1.54) is 25.6 Å². The predicted octanol–water partition coefficient (Wildman–Crippen LogP) is 1.54. The minimum atomic E-state index is 0.532. The Morgan fingerprint density at radius 2 is 2.31 bits per heavy atom. The molecule has 0 radical (unpaired) electrons. The number of fused-ring (bicyclic) bond motifs is 1. The average Bonchev–Trinajstić information content (AvgIpc) is 2.56. The van der Waals surface area contributed by atoms with Crippen molar-refractivity contribution in [2.45, 2.75) is 38.5 Å². The molecule has 0 bridgehead atoms. The van der Waals surface area contributed by atoms with Gasteiger partial charge in [-0.25, -0.2) is 14.5 Å². The van der Waals surface area contributed by atoms with Gasteiger partial charge in [-0.3, -0.25) is 0 Å². The smallest absolute Gasteiger partial charge is 0.153 e. The summed E-state index contributed by atoms with van der Waals surface area (Å²) in [6, 6.07) is 0. The number of aryl methyl sites for hydroxylation is 1. The third-order valence-electron chi connectivity index (χ3n) is 3.36. The molecule has 2 N–H and O–H groups in total. The number of nitrogens with two attached hydrogens (primary N) is 1. The molecule has 0 amide bonds. The number of aromatic nitrogens is 4. The Morgan fingerprint density at radius 1 is 1.50 bits per heavy atom. The standard InChI is InChI=1S/C11H15N5/c1-2-8-9-10(12)13-6-14-16(9)11(15-8)7-4-3-5-7/h6-7H,2-5H2,1H3,(H2,12,13,14). The molecule has 1 fully saturated rings. The summed E-state index contributed by atoms with van der Waals surface area (Å²) in [6.45, 7) is 2.08. The van der Waals surface area contributed by atoms with Gasteiger partial charge >= 0.3 is 0 Å². The van der Waals surface area contributed by atoms with Crippen LogP contribution in [0.3, 0.4) is 0 Å². The SMILES string of the molecule is CCc1nc(C2CCC2)n2ncnc(N)c12. The van der Waals surface area contributed by atoms with Crippen molar-refractivity contribution in [3.8, 4) is 0 Å². The molecule has 0 aromatic carbocycles. The molecule has 1 aliphatic carbocycles. The lowest BCUT2D eigenvalue weighted by molar-refractivity contribution is 0.395. The number of nitrogens with zero attached hydrogens (tertiary/aromatic N) is 4. The quantitative estimate of drug-likeness (QED) is 0.828. The van der Waals surface area contributed by atoms with E-state index >= 15 is 0 Å². The van der Waals surface area contributed by atoms with E-state index in [0.29, 0.717) is 11.7 Å². The van der Waals surface area contributed by atoms with E-state index in [1.807, 2.05) is 4.52 Å². The van der Waals surface area contributed by atoms with Crippen LogP contribution in [0.2, 0.25) is 0 Å². The van der Waals surface area contributed by atoms with Crippen LogP contribution in [0.25, 0.3) is 5.52 Å². The Balaban J connectivity index is 2.25. The van der Waals surface area contributed by atoms with E-state index in [9.17, 15) is 0 Å². The van der Waals surface area contributed by atoms with Crippen molar-refractivity contribution in [1.29, 1.82) is 0 Å². The van der Waals surface area contributed by atoms with Crippen LogP contribution in [0.15, 0.2) is 6.33 Å². The summed E-state index contributed by atoms with van der Waals surface area (Å²) in [6.07, 6.45) is 6.10. The molecule has 3 rings (SSSR count). The van der Waals surface area contributed by atoms with Crippen LogP contribution >= 0.6 is 0 Å². The summed E-state index contributed by atoms with van der Waals surface area (Å²) in [5.74, 6) is 2.15. The van der Waals surface area contributed by atoms with Gasteiger partial charge in [0, 0.05) is 5.92 Å². The van der Waals surface area contributed by atoms with Crippen LogP contribution in [-0.4, -0.2) is 19.6 Å². The van der Waals surface area contributed by atoms with Crippen LogP contribution in [-0.2, 0) is 6.42 Å². The fourth-order valence-electron chi connectivity index (χ4n) is 2.23. The Morgan fingerprint density at radius 3 is 2.94 bits per heavy atom. The first kappa shape index (κ1) is 9.57. The highest BCUT2D eigenvalue weighted by atomic mass is 15.3. The maximum absolute atomic E-state index is 5.89. The van der Waals surface area contributed by atoms with Crippen molar-refractivity contribution in [2.24, 2.45) is 0 Å². The van der Waals surface area contributed by atoms with Crippen molar-refractivity contribution in [3.63, 3.8) is 0 Å². The van der Waals surface area contributed by atoms with E-state index in [4.69, 9.17) is 5.73 Å². The first-order chi connectivity index (χ1) is 7.81. The van der Waals surface area contributed by atoms with Gasteiger partial charge in [0.25, 0.3) is 0 Å². The number of hydrogen-bond donors (Lipinski definition) is 1. The maximum Gasteiger partial charge on any atom is 0.153 e. The zero-order valence-electron chi connectivity index (χ0n) is 9.35. The molecule has 0 unspecified atom stereocenters. The first-order valence-corrected chi connectivity index (χ1v) is 5.79. The zero-order chi connectivity index (χ0) is 11.1. The van der Waals surface area contributed by atoms with Gasteiger partial charge in [-0.2, -0.15) is 5.10 Å². The van der Waals surface area contributed by atoms with E-state index in [-0.39, 0.29) is 0 Å². The topological polar surface area (TPSA) is 69.1 Å². The lowest BCUT2D eigenvalue weighted by Gasteiger charge is -2.23. The highest BCUT2D eigenvalue weighted by Crippen LogP contribution is 2.36. The molecule has 0 saturated heterocycles. The number of rotatable bonds is 2. The Bertz CT molecular complexity index is 526. The van der Waals surface area contributed by atoms with Crippen LogP contribution in [0.4, 0.5) is 5.82 Å². The summed E-state index contributed by atoms with van der Waals surface area (Å²) >= 11 is 0. The molecule has 1 saturated carbocycles. The fourth-order valence-corrected chi connectivity index (χ4v) is 2.23. The second-order valence-electron chi connectivity index (χ2n) is 4.30. The molecule has 5 nitrogen and oxygen atoms in total. The van der Waals surface area contributed by atoms with Crippen molar-refractivity contribution in [2.75, 3.05) is 5.73 Å². The van der Waals surface area contributed by atoms with Crippen molar-refractivity contribution in [3.05, 3.63) is 17.8 Å². The summed E-state index contributed by atoms with van der Waals surface area (Å²) in [5.41, 5.74) is 7.80. The minimum absolute atomic E-state index is 0.532. The Kier molecular flexibility index (Phi) is 2.05. The largest absolute Gasteiger partial charge is 0.382 e. The molecule has 0 atom stereocenters. The van der Waals surface area contributed by atoms with E-state index < -0.39 is 0 Å². The molecule has 2 heterocycles. The van der Waals surface area contributed by atoms with Gasteiger partial charge in [0.1, 0.15) is 17.7 Å². The highest BCUT2D eigenvalue weighted by Gasteiger charge is 2.26. The van der Waals surface area contributed by atoms with Gasteiger partial charge in [0.2, 0.25) is 0 Å². The van der Waals surface area contributed by atoms with E-state index in [1.54, 1.807) is 0 Å². The van der Waals surface area contributed by atoms with E-state index in [2.05, 4.69) is 22.0 Å². The number of hydrogen-bond acceptors (Lipinski definition) is 4. The average molecular weight is 217 g/mol. The minimum Gasteiger partial charge on any atom is -0.382 e. The molecule has 1 aliphatic rings. The van der Waals surface area contributed by atoms with Gasteiger partial charge in [-0.15, -0.1) is 0 Å². The van der Waals surface area contributed by atoms with Gasteiger partial charge in [0.15, 0.2) is 5.82 Å². The first-order valence-electron chi connectivity index (χ1n) is 5.79. The van der Waals surface area contributed by atoms with Gasteiger partial charge < -0.3 is 5.73 Å². The van der Waals surface area contributed by atoms with E-state index in [0.717, 1.165) is 23.5 Å². The Labute approximate surface area is 93.7 Å². The third kappa shape index (κ3) is 1.20. The highest BCUT2D eigenvalue weighted by molar-refractivity contribution is 5.68. The van der Waals surface area contributed by atoms with Crippen LogP contribution in [0, 0.1) is 0 Å². The molecule has 2 aromatic heterocycles. The summed E-state index contributed by atoms with van der Waals surface area (Å²) in [7, 11) is 0. The molecule has 84 valence electrons. The monoisotopic (exact) mass is 217 g/mol. The van der Waals surface area contributed by atoms with Crippen molar-refractivity contribution >= 4 is 11.3 Å². The zero-order valence-corrected chi connectivity index (χ0v) is 9.35. The van der Waals surface area contributed by atoms with Crippen LogP contribution in [0.1, 0.15) is 43.6 Å². The summed E-state index contributed by atoms with van der Waals surface area (Å²) in [4.78, 5) is 8.71. The summed E-state index contributed by atoms with van der Waals surface area (Å²) < 4.78 is 1.88.